The Morgan fingerprint density at radius 3 is 2.44 bits per heavy atom. The number of amides is 1. The highest BCUT2D eigenvalue weighted by atomic mass is 35.5. The van der Waals surface area contributed by atoms with E-state index in [-0.39, 0.29) is 5.91 Å². The lowest BCUT2D eigenvalue weighted by atomic mass is 10.2. The maximum absolute atomic E-state index is 11.7. The molecule has 1 aromatic carbocycles. The number of benzene rings is 1. The quantitative estimate of drug-likeness (QED) is 0.663. The fourth-order valence-electron chi connectivity index (χ4n) is 1.10. The Kier molecular flexibility index (Phi) is 5.67. The van der Waals surface area contributed by atoms with Gasteiger partial charge in [0.15, 0.2) is 0 Å². The molecule has 1 rings (SSSR count). The Hall–Kier alpha value is -0.700. The van der Waals surface area contributed by atoms with Crippen LogP contribution in [0.1, 0.15) is 10.4 Å². The fraction of sp³-hybridized carbons (Fsp3) is 0.182. The normalized spacial score (nSPS) is 10.7. The summed E-state index contributed by atoms with van der Waals surface area (Å²) in [5, 5.41) is 3.34. The van der Waals surface area contributed by atoms with Gasteiger partial charge in [0.25, 0.3) is 5.91 Å². The van der Waals surface area contributed by atoms with Crippen LogP contribution >= 0.6 is 34.8 Å². The molecule has 1 aromatic rings. The zero-order valence-corrected chi connectivity index (χ0v) is 10.6. The minimum absolute atomic E-state index is 0.296. The molecule has 0 unspecified atom stereocenters. The summed E-state index contributed by atoms with van der Waals surface area (Å²) < 4.78 is 0. The Morgan fingerprint density at radius 1 is 1.25 bits per heavy atom. The minimum atomic E-state index is -0.296. The number of hydrogen-bond acceptors (Lipinski definition) is 1. The van der Waals surface area contributed by atoms with Crippen molar-refractivity contribution in [1.82, 2.24) is 5.32 Å². The van der Waals surface area contributed by atoms with Crippen LogP contribution < -0.4 is 5.32 Å². The lowest BCUT2D eigenvalue weighted by molar-refractivity contribution is 0.0958. The molecule has 0 aliphatic carbocycles. The lowest BCUT2D eigenvalue weighted by Gasteiger charge is -2.06. The highest BCUT2D eigenvalue weighted by Crippen LogP contribution is 2.23. The molecule has 5 heteroatoms. The van der Waals surface area contributed by atoms with Crippen molar-refractivity contribution in [3.63, 3.8) is 0 Å². The average Bonchev–Trinajstić information content (AvgIpc) is 2.24. The number of carbonyl (C=O) groups is 1. The minimum Gasteiger partial charge on any atom is -0.348 e. The van der Waals surface area contributed by atoms with Gasteiger partial charge in [0, 0.05) is 12.4 Å². The van der Waals surface area contributed by atoms with Crippen molar-refractivity contribution in [2.24, 2.45) is 0 Å². The van der Waals surface area contributed by atoms with Crippen LogP contribution in [0.5, 0.6) is 0 Å². The molecule has 0 spiro atoms. The van der Waals surface area contributed by atoms with Crippen molar-refractivity contribution < 1.29 is 4.79 Å². The van der Waals surface area contributed by atoms with Gasteiger partial charge in [-0.1, -0.05) is 41.4 Å². The number of nitrogens with one attached hydrogen (secondary N) is 1. The van der Waals surface area contributed by atoms with Crippen molar-refractivity contribution >= 4 is 40.7 Å². The lowest BCUT2D eigenvalue weighted by Crippen LogP contribution is -2.24. The summed E-state index contributed by atoms with van der Waals surface area (Å²) in [6.07, 6.45) is 3.51. The maximum atomic E-state index is 11.7. The molecule has 0 aliphatic heterocycles. The fourth-order valence-corrected chi connectivity index (χ4v) is 1.80. The average molecular weight is 279 g/mol. The van der Waals surface area contributed by atoms with Gasteiger partial charge in [-0.25, -0.2) is 0 Å². The standard InChI is InChI=1S/C11H10Cl3NO/c12-6-1-2-7-15-11(16)10-8(13)4-3-5-9(10)14/h1-5H,6-7H2,(H,15,16)/b2-1+. The van der Waals surface area contributed by atoms with Gasteiger partial charge >= 0.3 is 0 Å². The zero-order valence-electron chi connectivity index (χ0n) is 8.34. The third-order valence-corrected chi connectivity index (χ3v) is 2.63. The molecule has 0 aromatic heterocycles. The smallest absolute Gasteiger partial charge is 0.254 e. The highest BCUT2D eigenvalue weighted by molar-refractivity contribution is 6.39. The summed E-state index contributed by atoms with van der Waals surface area (Å²) in [7, 11) is 0. The first kappa shape index (κ1) is 13.4. The molecule has 0 saturated carbocycles. The van der Waals surface area contributed by atoms with Gasteiger partial charge in [-0.05, 0) is 12.1 Å². The number of carbonyl (C=O) groups excluding carboxylic acids is 1. The summed E-state index contributed by atoms with van der Waals surface area (Å²) in [4.78, 5) is 11.7. The topological polar surface area (TPSA) is 29.1 Å². The van der Waals surface area contributed by atoms with E-state index in [0.29, 0.717) is 28.0 Å². The van der Waals surface area contributed by atoms with E-state index in [0.717, 1.165) is 0 Å². The Balaban J connectivity index is 2.70. The Bertz CT molecular complexity index is 384. The SMILES string of the molecule is O=C(NC/C=C/CCl)c1c(Cl)cccc1Cl. The summed E-state index contributed by atoms with van der Waals surface area (Å²) >= 11 is 17.2. The molecular formula is C11H10Cl3NO. The summed E-state index contributed by atoms with van der Waals surface area (Å²) in [6.45, 7) is 0.396. The van der Waals surface area contributed by atoms with Crippen molar-refractivity contribution in [3.05, 3.63) is 46.0 Å². The van der Waals surface area contributed by atoms with Gasteiger partial charge in [-0.2, -0.15) is 0 Å². The third kappa shape index (κ3) is 3.71. The van der Waals surface area contributed by atoms with E-state index in [4.69, 9.17) is 34.8 Å². The first-order chi connectivity index (χ1) is 7.66. The first-order valence-corrected chi connectivity index (χ1v) is 5.89. The number of rotatable bonds is 4. The van der Waals surface area contributed by atoms with E-state index < -0.39 is 0 Å². The monoisotopic (exact) mass is 277 g/mol. The van der Waals surface area contributed by atoms with Gasteiger partial charge in [0.1, 0.15) is 0 Å². The second kappa shape index (κ2) is 6.79. The van der Waals surface area contributed by atoms with Crippen LogP contribution in [0.2, 0.25) is 10.0 Å². The second-order valence-electron chi connectivity index (χ2n) is 2.93. The van der Waals surface area contributed by atoms with Crippen LogP contribution in [0.25, 0.3) is 0 Å². The van der Waals surface area contributed by atoms with Crippen LogP contribution in [-0.2, 0) is 0 Å². The Morgan fingerprint density at radius 2 is 1.88 bits per heavy atom. The molecule has 0 bridgehead atoms. The van der Waals surface area contributed by atoms with Crippen LogP contribution in [0.4, 0.5) is 0 Å². The molecule has 0 fully saturated rings. The van der Waals surface area contributed by atoms with Crippen molar-refractivity contribution in [2.75, 3.05) is 12.4 Å². The van der Waals surface area contributed by atoms with E-state index in [1.54, 1.807) is 30.4 Å². The molecule has 0 aliphatic rings. The van der Waals surface area contributed by atoms with E-state index in [1.165, 1.54) is 0 Å². The predicted octanol–water partition coefficient (Wildman–Crippen LogP) is 3.52. The Labute approximate surface area is 109 Å². The summed E-state index contributed by atoms with van der Waals surface area (Å²) in [5.74, 6) is 0.123. The second-order valence-corrected chi connectivity index (χ2v) is 4.06. The molecule has 0 heterocycles. The molecule has 1 N–H and O–H groups in total. The van der Waals surface area contributed by atoms with E-state index in [2.05, 4.69) is 5.32 Å². The molecule has 0 radical (unpaired) electrons. The van der Waals surface area contributed by atoms with Crippen LogP contribution in [0.3, 0.4) is 0 Å². The van der Waals surface area contributed by atoms with E-state index in [1.807, 2.05) is 0 Å². The van der Waals surface area contributed by atoms with Crippen molar-refractivity contribution in [3.8, 4) is 0 Å². The molecule has 16 heavy (non-hydrogen) atoms. The molecule has 1 amide bonds. The maximum Gasteiger partial charge on any atom is 0.254 e. The predicted molar refractivity (Wildman–Crippen MR) is 68.7 cm³/mol. The van der Waals surface area contributed by atoms with Gasteiger partial charge < -0.3 is 5.32 Å². The van der Waals surface area contributed by atoms with Gasteiger partial charge in [0.05, 0.1) is 15.6 Å². The number of allylic oxidation sites excluding steroid dienone is 1. The van der Waals surface area contributed by atoms with Gasteiger partial charge in [-0.15, -0.1) is 11.6 Å². The zero-order chi connectivity index (χ0) is 12.0. The van der Waals surface area contributed by atoms with Crippen LogP contribution in [0, 0.1) is 0 Å². The first-order valence-electron chi connectivity index (χ1n) is 4.60. The van der Waals surface area contributed by atoms with Gasteiger partial charge in [-0.3, -0.25) is 4.79 Å². The molecular weight excluding hydrogens is 268 g/mol. The van der Waals surface area contributed by atoms with E-state index >= 15 is 0 Å². The molecule has 86 valence electrons. The van der Waals surface area contributed by atoms with Gasteiger partial charge in [0.2, 0.25) is 0 Å². The third-order valence-electron chi connectivity index (χ3n) is 1.83. The van der Waals surface area contributed by atoms with Crippen LogP contribution in [-0.4, -0.2) is 18.3 Å². The van der Waals surface area contributed by atoms with Crippen molar-refractivity contribution in [2.45, 2.75) is 0 Å². The van der Waals surface area contributed by atoms with Crippen LogP contribution in [0.15, 0.2) is 30.4 Å². The number of halogens is 3. The molecule has 2 nitrogen and oxygen atoms in total. The van der Waals surface area contributed by atoms with Crippen molar-refractivity contribution in [1.29, 1.82) is 0 Å². The number of alkyl halides is 1. The number of hydrogen-bond donors (Lipinski definition) is 1. The highest BCUT2D eigenvalue weighted by Gasteiger charge is 2.12. The molecule has 0 atom stereocenters. The van der Waals surface area contributed by atoms with E-state index in [9.17, 15) is 4.79 Å². The summed E-state index contributed by atoms with van der Waals surface area (Å²) in [6, 6.07) is 4.93. The molecule has 0 saturated heterocycles. The summed E-state index contributed by atoms with van der Waals surface area (Å²) in [5.41, 5.74) is 0.296. The largest absolute Gasteiger partial charge is 0.348 e.